The molecule has 0 aliphatic carbocycles. The van der Waals surface area contributed by atoms with Gasteiger partial charge in [-0.05, 0) is 42.5 Å². The highest BCUT2D eigenvalue weighted by molar-refractivity contribution is 6.31. The predicted octanol–water partition coefficient (Wildman–Crippen LogP) is 3.94. The van der Waals surface area contributed by atoms with Gasteiger partial charge >= 0.3 is 0 Å². The molecule has 2 aromatic carbocycles. The molecular weight excluding hydrogens is 393 g/mol. The Labute approximate surface area is 172 Å². The summed E-state index contributed by atoms with van der Waals surface area (Å²) in [7, 11) is 0. The van der Waals surface area contributed by atoms with E-state index in [0.717, 1.165) is 5.39 Å². The highest BCUT2D eigenvalue weighted by Crippen LogP contribution is 2.32. The lowest BCUT2D eigenvalue weighted by Gasteiger charge is -2.32. The van der Waals surface area contributed by atoms with E-state index in [1.165, 1.54) is 6.07 Å². The number of primary amides is 1. The van der Waals surface area contributed by atoms with Gasteiger partial charge < -0.3 is 15.2 Å². The van der Waals surface area contributed by atoms with Crippen LogP contribution in [0.5, 0.6) is 0 Å². The van der Waals surface area contributed by atoms with Crippen molar-refractivity contribution >= 4 is 34.3 Å². The molecule has 2 heterocycles. The van der Waals surface area contributed by atoms with E-state index in [1.54, 1.807) is 39.9 Å². The van der Waals surface area contributed by atoms with Crippen LogP contribution < -0.4 is 5.73 Å². The summed E-state index contributed by atoms with van der Waals surface area (Å²) in [5, 5.41) is 1.25. The molecule has 7 heteroatoms. The zero-order valence-electron chi connectivity index (χ0n) is 15.8. The van der Waals surface area contributed by atoms with Crippen molar-refractivity contribution in [1.29, 1.82) is 0 Å². The number of hydrogen-bond acceptors (Lipinski definition) is 2. The second-order valence-corrected chi connectivity index (χ2v) is 7.82. The summed E-state index contributed by atoms with van der Waals surface area (Å²) in [4.78, 5) is 26.4. The maximum atomic E-state index is 14.1. The number of carbonyl (C=O) groups excluding carboxylic acids is 2. The molecule has 0 atom stereocenters. The van der Waals surface area contributed by atoms with Gasteiger partial charge in [-0.2, -0.15) is 0 Å². The van der Waals surface area contributed by atoms with Crippen LogP contribution in [0.15, 0.2) is 48.7 Å². The van der Waals surface area contributed by atoms with Crippen LogP contribution >= 0.6 is 11.6 Å². The lowest BCUT2D eigenvalue weighted by atomic mass is 9.89. The number of benzene rings is 2. The number of fused-ring (bicyclic) bond motifs is 1. The van der Waals surface area contributed by atoms with E-state index in [9.17, 15) is 14.0 Å². The standard InChI is InChI=1S/C22H21ClFN3O2/c23-15-5-6-17-18(12-27(13-21(25)28)20(17)11-15)22(29)26-9-7-14(8-10-26)16-3-1-2-4-19(16)24/h1-6,11-12,14H,7-10,13H2,(H2,25,28). The molecule has 2 amide bonds. The van der Waals surface area contributed by atoms with Crippen LogP contribution in [0.4, 0.5) is 4.39 Å². The molecule has 3 aromatic rings. The summed E-state index contributed by atoms with van der Waals surface area (Å²) in [6.45, 7) is 1.07. The third-order valence-corrected chi connectivity index (χ3v) is 5.76. The molecule has 1 saturated heterocycles. The Balaban J connectivity index is 1.57. The number of carbonyl (C=O) groups is 2. The zero-order valence-corrected chi connectivity index (χ0v) is 16.5. The molecule has 0 radical (unpaired) electrons. The number of piperidine rings is 1. The first kappa shape index (κ1) is 19.5. The second kappa shape index (κ2) is 7.87. The molecule has 29 heavy (non-hydrogen) atoms. The largest absolute Gasteiger partial charge is 0.368 e. The Hall–Kier alpha value is -2.86. The van der Waals surface area contributed by atoms with Gasteiger partial charge in [0.05, 0.1) is 11.1 Å². The SMILES string of the molecule is NC(=O)Cn1cc(C(=O)N2CCC(c3ccccc3F)CC2)c2ccc(Cl)cc21. The molecular formula is C22H21ClFN3O2. The third-order valence-electron chi connectivity index (χ3n) is 5.53. The fraction of sp³-hybridized carbons (Fsp3) is 0.273. The Morgan fingerprint density at radius 2 is 1.86 bits per heavy atom. The summed E-state index contributed by atoms with van der Waals surface area (Å²) < 4.78 is 15.7. The van der Waals surface area contributed by atoms with Crippen LogP contribution in [0.25, 0.3) is 10.9 Å². The third kappa shape index (κ3) is 3.85. The smallest absolute Gasteiger partial charge is 0.256 e. The van der Waals surface area contributed by atoms with Gasteiger partial charge in [-0.1, -0.05) is 35.9 Å². The van der Waals surface area contributed by atoms with E-state index in [-0.39, 0.29) is 24.2 Å². The number of rotatable bonds is 4. The van der Waals surface area contributed by atoms with Crippen molar-refractivity contribution in [3.05, 3.63) is 70.6 Å². The van der Waals surface area contributed by atoms with Crippen LogP contribution in [-0.2, 0) is 11.3 Å². The van der Waals surface area contributed by atoms with Crippen molar-refractivity contribution in [2.24, 2.45) is 5.73 Å². The number of aromatic nitrogens is 1. The molecule has 2 N–H and O–H groups in total. The molecule has 0 spiro atoms. The van der Waals surface area contributed by atoms with Crippen LogP contribution in [0, 0.1) is 5.82 Å². The van der Waals surface area contributed by atoms with E-state index in [1.807, 2.05) is 12.1 Å². The van der Waals surface area contributed by atoms with Crippen LogP contribution in [0.3, 0.4) is 0 Å². The summed E-state index contributed by atoms with van der Waals surface area (Å²) >= 11 is 6.10. The molecule has 4 rings (SSSR count). The van der Waals surface area contributed by atoms with Crippen molar-refractivity contribution in [2.45, 2.75) is 25.3 Å². The van der Waals surface area contributed by atoms with Crippen LogP contribution in [0.2, 0.25) is 5.02 Å². The number of hydrogen-bond donors (Lipinski definition) is 1. The number of nitrogens with zero attached hydrogens (tertiary/aromatic N) is 2. The Morgan fingerprint density at radius 1 is 1.14 bits per heavy atom. The van der Waals surface area contributed by atoms with Crippen molar-refractivity contribution in [3.63, 3.8) is 0 Å². The summed E-state index contributed by atoms with van der Waals surface area (Å²) in [6.07, 6.45) is 3.08. The van der Waals surface area contributed by atoms with Gasteiger partial charge in [-0.25, -0.2) is 4.39 Å². The molecule has 0 bridgehead atoms. The van der Waals surface area contributed by atoms with Crippen LogP contribution in [0.1, 0.15) is 34.7 Å². The summed E-state index contributed by atoms with van der Waals surface area (Å²) in [6, 6.07) is 12.1. The molecule has 1 aliphatic rings. The first-order valence-electron chi connectivity index (χ1n) is 9.54. The van der Waals surface area contributed by atoms with Crippen LogP contribution in [-0.4, -0.2) is 34.4 Å². The fourth-order valence-electron chi connectivity index (χ4n) is 4.10. The zero-order chi connectivity index (χ0) is 20.5. The maximum Gasteiger partial charge on any atom is 0.256 e. The fourth-order valence-corrected chi connectivity index (χ4v) is 4.27. The summed E-state index contributed by atoms with van der Waals surface area (Å²) in [5.41, 5.74) is 7.27. The molecule has 1 aromatic heterocycles. The average Bonchev–Trinajstić information content (AvgIpc) is 3.05. The predicted molar refractivity (Wildman–Crippen MR) is 110 cm³/mol. The Bertz CT molecular complexity index is 1090. The van der Waals surface area contributed by atoms with Gasteiger partial charge in [0.2, 0.25) is 5.91 Å². The lowest BCUT2D eigenvalue weighted by Crippen LogP contribution is -2.38. The summed E-state index contributed by atoms with van der Waals surface area (Å²) in [5.74, 6) is -0.682. The number of halogens is 2. The van der Waals surface area contributed by atoms with Gasteiger partial charge in [0.25, 0.3) is 5.91 Å². The molecule has 5 nitrogen and oxygen atoms in total. The first-order chi connectivity index (χ1) is 13.9. The second-order valence-electron chi connectivity index (χ2n) is 7.39. The molecule has 0 saturated carbocycles. The number of nitrogens with two attached hydrogens (primary N) is 1. The van der Waals surface area contributed by atoms with E-state index in [0.29, 0.717) is 47.6 Å². The van der Waals surface area contributed by atoms with Gasteiger partial charge in [0.15, 0.2) is 0 Å². The van der Waals surface area contributed by atoms with Crippen molar-refractivity contribution in [1.82, 2.24) is 9.47 Å². The number of likely N-dealkylation sites (tertiary alicyclic amines) is 1. The van der Waals surface area contributed by atoms with Gasteiger partial charge in [-0.15, -0.1) is 0 Å². The Morgan fingerprint density at radius 3 is 2.55 bits per heavy atom. The Kier molecular flexibility index (Phi) is 5.28. The minimum absolute atomic E-state index is 0.0283. The molecule has 150 valence electrons. The minimum atomic E-state index is -0.494. The molecule has 1 fully saturated rings. The highest BCUT2D eigenvalue weighted by atomic mass is 35.5. The van der Waals surface area contributed by atoms with Gasteiger partial charge in [0, 0.05) is 29.7 Å². The normalized spacial score (nSPS) is 15.0. The van der Waals surface area contributed by atoms with Gasteiger partial charge in [-0.3, -0.25) is 9.59 Å². The number of amides is 2. The molecule has 0 unspecified atom stereocenters. The topological polar surface area (TPSA) is 68.3 Å². The van der Waals surface area contributed by atoms with E-state index < -0.39 is 5.91 Å². The first-order valence-corrected chi connectivity index (χ1v) is 9.92. The van der Waals surface area contributed by atoms with E-state index in [2.05, 4.69) is 0 Å². The minimum Gasteiger partial charge on any atom is -0.368 e. The monoisotopic (exact) mass is 413 g/mol. The van der Waals surface area contributed by atoms with Crippen molar-refractivity contribution in [3.8, 4) is 0 Å². The van der Waals surface area contributed by atoms with Crippen molar-refractivity contribution < 1.29 is 14.0 Å². The lowest BCUT2D eigenvalue weighted by molar-refractivity contribution is -0.118. The quantitative estimate of drug-likeness (QED) is 0.703. The van der Waals surface area contributed by atoms with Crippen molar-refractivity contribution in [2.75, 3.05) is 13.1 Å². The maximum absolute atomic E-state index is 14.1. The van der Waals surface area contributed by atoms with Gasteiger partial charge in [0.1, 0.15) is 12.4 Å². The van der Waals surface area contributed by atoms with E-state index >= 15 is 0 Å². The molecule has 1 aliphatic heterocycles. The average molecular weight is 414 g/mol. The van der Waals surface area contributed by atoms with E-state index in [4.69, 9.17) is 17.3 Å². The highest BCUT2D eigenvalue weighted by Gasteiger charge is 2.28.